The van der Waals surface area contributed by atoms with E-state index in [1.54, 1.807) is 36.8 Å². The van der Waals surface area contributed by atoms with Gasteiger partial charge in [-0.3, -0.25) is 9.78 Å². The summed E-state index contributed by atoms with van der Waals surface area (Å²) in [6, 6.07) is 5.78. The Kier molecular flexibility index (Phi) is 6.75. The van der Waals surface area contributed by atoms with Crippen LogP contribution in [0.4, 0.5) is 0 Å². The van der Waals surface area contributed by atoms with E-state index in [1.165, 1.54) is 0 Å². The van der Waals surface area contributed by atoms with Gasteiger partial charge in [-0.25, -0.2) is 0 Å². The van der Waals surface area contributed by atoms with E-state index in [1.807, 2.05) is 18.2 Å². The van der Waals surface area contributed by atoms with Crippen molar-refractivity contribution >= 4 is 17.7 Å². The highest BCUT2D eigenvalue weighted by molar-refractivity contribution is 7.99. The fraction of sp³-hybridized carbons (Fsp3) is 0.538. The molecule has 18 heavy (non-hydrogen) atoms. The van der Waals surface area contributed by atoms with Crippen molar-refractivity contribution in [1.82, 2.24) is 9.88 Å². The maximum Gasteiger partial charge on any atom is 0.232 e. The summed E-state index contributed by atoms with van der Waals surface area (Å²) >= 11 is 1.56. The van der Waals surface area contributed by atoms with Crippen molar-refractivity contribution in [2.75, 3.05) is 19.3 Å². The third kappa shape index (κ3) is 6.02. The van der Waals surface area contributed by atoms with Gasteiger partial charge in [-0.05, 0) is 25.5 Å². The van der Waals surface area contributed by atoms with E-state index >= 15 is 0 Å². The van der Waals surface area contributed by atoms with Crippen molar-refractivity contribution in [3.8, 4) is 0 Å². The predicted octanol–water partition coefficient (Wildman–Crippen LogP) is 1.54. The highest BCUT2D eigenvalue weighted by Crippen LogP contribution is 2.10. The third-order valence-electron chi connectivity index (χ3n) is 2.51. The molecule has 1 atom stereocenters. The standard InChI is InChI=1S/C13H20N2O2S/c1-11(16)6-8-15(2)13(17)10-18-9-12-5-3-4-7-14-12/h3-5,7,11,16H,6,8-10H2,1-2H3. The van der Waals surface area contributed by atoms with Gasteiger partial charge in [0.05, 0.1) is 17.6 Å². The molecule has 4 nitrogen and oxygen atoms in total. The zero-order valence-corrected chi connectivity index (χ0v) is 11.7. The second-order valence-corrected chi connectivity index (χ2v) is 5.25. The second kappa shape index (κ2) is 8.11. The molecule has 1 rings (SSSR count). The molecule has 0 spiro atoms. The molecule has 1 N–H and O–H groups in total. The molecule has 0 radical (unpaired) electrons. The Bertz CT molecular complexity index is 357. The summed E-state index contributed by atoms with van der Waals surface area (Å²) in [6.07, 6.45) is 2.01. The molecule has 1 unspecified atom stereocenters. The molecule has 1 aromatic heterocycles. The molecule has 1 heterocycles. The third-order valence-corrected chi connectivity index (χ3v) is 3.46. The fourth-order valence-electron chi connectivity index (χ4n) is 1.34. The summed E-state index contributed by atoms with van der Waals surface area (Å²) in [7, 11) is 1.77. The number of nitrogens with zero attached hydrogens (tertiary/aromatic N) is 2. The van der Waals surface area contributed by atoms with Gasteiger partial charge < -0.3 is 10.0 Å². The van der Waals surface area contributed by atoms with Gasteiger partial charge in [0.2, 0.25) is 5.91 Å². The number of amides is 1. The Hall–Kier alpha value is -1.07. The quantitative estimate of drug-likeness (QED) is 0.815. The molecular formula is C13H20N2O2S. The molecule has 0 saturated heterocycles. The SMILES string of the molecule is CC(O)CCN(C)C(=O)CSCc1ccccn1. The van der Waals surface area contributed by atoms with Crippen LogP contribution in [0.2, 0.25) is 0 Å². The fourth-order valence-corrected chi connectivity index (χ4v) is 2.22. The number of aliphatic hydroxyl groups excluding tert-OH is 1. The van der Waals surface area contributed by atoms with E-state index in [4.69, 9.17) is 5.11 Å². The summed E-state index contributed by atoms with van der Waals surface area (Å²) < 4.78 is 0. The maximum atomic E-state index is 11.7. The molecule has 1 aromatic rings. The Morgan fingerprint density at radius 2 is 2.33 bits per heavy atom. The molecule has 1 amide bonds. The first kappa shape index (κ1) is 15.0. The van der Waals surface area contributed by atoms with Crippen LogP contribution in [0.5, 0.6) is 0 Å². The Balaban J connectivity index is 2.20. The second-order valence-electron chi connectivity index (χ2n) is 4.27. The van der Waals surface area contributed by atoms with Crippen molar-refractivity contribution in [3.63, 3.8) is 0 Å². The maximum absolute atomic E-state index is 11.7. The first-order valence-electron chi connectivity index (χ1n) is 5.99. The van der Waals surface area contributed by atoms with Gasteiger partial charge in [0.15, 0.2) is 0 Å². The van der Waals surface area contributed by atoms with E-state index in [0.717, 1.165) is 11.4 Å². The molecule has 0 bridgehead atoms. The summed E-state index contributed by atoms with van der Waals surface area (Å²) in [5, 5.41) is 9.16. The number of pyridine rings is 1. The molecule has 100 valence electrons. The van der Waals surface area contributed by atoms with E-state index in [0.29, 0.717) is 18.7 Å². The molecule has 5 heteroatoms. The van der Waals surface area contributed by atoms with Crippen LogP contribution in [0.25, 0.3) is 0 Å². The normalized spacial score (nSPS) is 12.2. The van der Waals surface area contributed by atoms with Crippen LogP contribution in [0.1, 0.15) is 19.0 Å². The lowest BCUT2D eigenvalue weighted by Crippen LogP contribution is -2.30. The van der Waals surface area contributed by atoms with Gasteiger partial charge in [-0.2, -0.15) is 0 Å². The average molecular weight is 268 g/mol. The van der Waals surface area contributed by atoms with Crippen molar-refractivity contribution in [1.29, 1.82) is 0 Å². The van der Waals surface area contributed by atoms with Gasteiger partial charge in [0, 0.05) is 25.5 Å². The highest BCUT2D eigenvalue weighted by atomic mass is 32.2. The van der Waals surface area contributed by atoms with Crippen molar-refractivity contribution in [2.24, 2.45) is 0 Å². The number of aromatic nitrogens is 1. The minimum atomic E-state index is -0.360. The van der Waals surface area contributed by atoms with E-state index in [2.05, 4.69) is 4.98 Å². The van der Waals surface area contributed by atoms with Crippen LogP contribution in [0, 0.1) is 0 Å². The van der Waals surface area contributed by atoms with Crippen LogP contribution in [0.3, 0.4) is 0 Å². The van der Waals surface area contributed by atoms with Crippen LogP contribution >= 0.6 is 11.8 Å². The summed E-state index contributed by atoms with van der Waals surface area (Å²) in [5.41, 5.74) is 0.988. The van der Waals surface area contributed by atoms with Gasteiger partial charge in [-0.1, -0.05) is 6.07 Å². The molecule has 0 aliphatic heterocycles. The van der Waals surface area contributed by atoms with E-state index in [9.17, 15) is 4.79 Å². The zero-order valence-electron chi connectivity index (χ0n) is 10.9. The molecule has 0 aromatic carbocycles. The Morgan fingerprint density at radius 3 is 2.94 bits per heavy atom. The van der Waals surface area contributed by atoms with Gasteiger partial charge in [-0.15, -0.1) is 11.8 Å². The topological polar surface area (TPSA) is 53.4 Å². The number of aliphatic hydroxyl groups is 1. The van der Waals surface area contributed by atoms with Crippen LogP contribution in [-0.2, 0) is 10.5 Å². The largest absolute Gasteiger partial charge is 0.393 e. The summed E-state index contributed by atoms with van der Waals surface area (Å²) in [6.45, 7) is 2.33. The Morgan fingerprint density at radius 1 is 1.56 bits per heavy atom. The first-order valence-corrected chi connectivity index (χ1v) is 7.14. The minimum absolute atomic E-state index is 0.0941. The number of carbonyl (C=O) groups is 1. The minimum Gasteiger partial charge on any atom is -0.393 e. The molecular weight excluding hydrogens is 248 g/mol. The molecule has 0 aliphatic carbocycles. The molecule has 0 saturated carbocycles. The molecule has 0 fully saturated rings. The van der Waals surface area contributed by atoms with Crippen LogP contribution in [0.15, 0.2) is 24.4 Å². The summed E-state index contributed by atoms with van der Waals surface area (Å²) in [5.74, 6) is 1.29. The lowest BCUT2D eigenvalue weighted by Gasteiger charge is -2.17. The van der Waals surface area contributed by atoms with Crippen molar-refractivity contribution in [2.45, 2.75) is 25.2 Å². The number of hydrogen-bond donors (Lipinski definition) is 1. The number of hydrogen-bond acceptors (Lipinski definition) is 4. The van der Waals surface area contributed by atoms with Crippen LogP contribution < -0.4 is 0 Å². The van der Waals surface area contributed by atoms with Crippen molar-refractivity contribution in [3.05, 3.63) is 30.1 Å². The number of carbonyl (C=O) groups excluding carboxylic acids is 1. The van der Waals surface area contributed by atoms with E-state index in [-0.39, 0.29) is 12.0 Å². The zero-order chi connectivity index (χ0) is 13.4. The van der Waals surface area contributed by atoms with E-state index < -0.39 is 0 Å². The molecule has 0 aliphatic rings. The average Bonchev–Trinajstić information content (AvgIpc) is 2.37. The van der Waals surface area contributed by atoms with Crippen LogP contribution in [-0.4, -0.2) is 46.3 Å². The Labute approximate surface area is 112 Å². The first-order chi connectivity index (χ1) is 8.59. The monoisotopic (exact) mass is 268 g/mol. The highest BCUT2D eigenvalue weighted by Gasteiger charge is 2.09. The number of thioether (sulfide) groups is 1. The van der Waals surface area contributed by atoms with Crippen molar-refractivity contribution < 1.29 is 9.90 Å². The lowest BCUT2D eigenvalue weighted by atomic mass is 10.3. The van der Waals surface area contributed by atoms with Gasteiger partial charge in [0.1, 0.15) is 0 Å². The number of rotatable bonds is 7. The summed E-state index contributed by atoms with van der Waals surface area (Å²) in [4.78, 5) is 17.6. The lowest BCUT2D eigenvalue weighted by molar-refractivity contribution is -0.127. The van der Waals surface area contributed by atoms with Gasteiger partial charge >= 0.3 is 0 Å². The predicted molar refractivity (Wildman–Crippen MR) is 74.3 cm³/mol. The smallest absolute Gasteiger partial charge is 0.232 e. The van der Waals surface area contributed by atoms with Gasteiger partial charge in [0.25, 0.3) is 0 Å².